The number of hydrogen-bond acceptors (Lipinski definition) is 7. The quantitative estimate of drug-likeness (QED) is 0.228. The number of anilines is 1. The van der Waals surface area contributed by atoms with Crippen LogP contribution in [0, 0.1) is 10.1 Å². The Morgan fingerprint density at radius 1 is 1.21 bits per heavy atom. The molecule has 152 valence electrons. The summed E-state index contributed by atoms with van der Waals surface area (Å²) in [4.78, 5) is 35.7. The van der Waals surface area contributed by atoms with E-state index in [1.807, 2.05) is 30.5 Å². The van der Waals surface area contributed by atoms with Gasteiger partial charge in [-0.05, 0) is 43.0 Å². The highest BCUT2D eigenvalue weighted by Crippen LogP contribution is 2.29. The molecule has 8 nitrogen and oxygen atoms in total. The first-order valence-corrected chi connectivity index (χ1v) is 9.72. The van der Waals surface area contributed by atoms with Crippen molar-refractivity contribution >= 4 is 41.1 Å². The van der Waals surface area contributed by atoms with Gasteiger partial charge in [0, 0.05) is 23.1 Å². The van der Waals surface area contributed by atoms with E-state index in [0.717, 1.165) is 10.5 Å². The van der Waals surface area contributed by atoms with Crippen LogP contribution in [0.4, 0.5) is 11.4 Å². The van der Waals surface area contributed by atoms with E-state index in [2.05, 4.69) is 5.32 Å². The fourth-order valence-electron chi connectivity index (χ4n) is 2.29. The molecule has 0 radical (unpaired) electrons. The van der Waals surface area contributed by atoms with Crippen molar-refractivity contribution in [1.82, 2.24) is 0 Å². The minimum atomic E-state index is -1.12. The molecule has 1 N–H and O–H groups in total. The molecule has 0 spiro atoms. The standard InChI is InChI=1S/C20H20N2O6S/c1-13(28-19(23)11-6-14-4-8-16(29-3)9-5-14)20(24)21-17-12-15(22(25)26)7-10-18(17)27-2/h4-13H,1-3H3,(H,21,24)/b11-6+/t13-/m0/s1. The maximum absolute atomic E-state index is 12.3. The second-order valence-corrected chi connectivity index (χ2v) is 6.70. The Hall–Kier alpha value is -3.33. The van der Waals surface area contributed by atoms with E-state index in [9.17, 15) is 19.7 Å². The fourth-order valence-corrected chi connectivity index (χ4v) is 2.70. The number of methoxy groups -OCH3 is 1. The normalized spacial score (nSPS) is 11.7. The van der Waals surface area contributed by atoms with E-state index in [0.29, 0.717) is 0 Å². The molecule has 29 heavy (non-hydrogen) atoms. The number of amides is 1. The molecule has 0 unspecified atom stereocenters. The summed E-state index contributed by atoms with van der Waals surface area (Å²) in [5.74, 6) is -1.08. The van der Waals surface area contributed by atoms with Crippen LogP contribution in [0.25, 0.3) is 6.08 Å². The zero-order chi connectivity index (χ0) is 21.4. The third-order valence-electron chi connectivity index (χ3n) is 3.84. The lowest BCUT2D eigenvalue weighted by molar-refractivity contribution is -0.384. The molecule has 0 heterocycles. The van der Waals surface area contributed by atoms with Crippen LogP contribution in [0.5, 0.6) is 5.75 Å². The van der Waals surface area contributed by atoms with Crippen LogP contribution in [0.3, 0.4) is 0 Å². The van der Waals surface area contributed by atoms with E-state index >= 15 is 0 Å². The average Bonchev–Trinajstić information content (AvgIpc) is 2.72. The lowest BCUT2D eigenvalue weighted by atomic mass is 10.2. The van der Waals surface area contributed by atoms with Gasteiger partial charge in [-0.3, -0.25) is 14.9 Å². The first-order chi connectivity index (χ1) is 13.8. The summed E-state index contributed by atoms with van der Waals surface area (Å²) < 4.78 is 10.2. The number of nitro benzene ring substituents is 1. The number of non-ortho nitro benzene ring substituents is 1. The molecule has 0 fully saturated rings. The number of carbonyl (C=O) groups is 2. The first-order valence-electron chi connectivity index (χ1n) is 8.50. The van der Waals surface area contributed by atoms with Gasteiger partial charge in [-0.15, -0.1) is 11.8 Å². The minimum Gasteiger partial charge on any atom is -0.495 e. The number of benzene rings is 2. The summed E-state index contributed by atoms with van der Waals surface area (Å²) in [6.45, 7) is 1.40. The summed E-state index contributed by atoms with van der Waals surface area (Å²) >= 11 is 1.61. The molecule has 1 atom stereocenters. The van der Waals surface area contributed by atoms with Crippen molar-refractivity contribution in [3.8, 4) is 5.75 Å². The van der Waals surface area contributed by atoms with Crippen LogP contribution in [0.2, 0.25) is 0 Å². The van der Waals surface area contributed by atoms with Gasteiger partial charge in [-0.25, -0.2) is 4.79 Å². The number of thioether (sulfide) groups is 1. The molecule has 9 heteroatoms. The van der Waals surface area contributed by atoms with Crippen molar-refractivity contribution in [2.75, 3.05) is 18.7 Å². The van der Waals surface area contributed by atoms with E-state index < -0.39 is 22.9 Å². The van der Waals surface area contributed by atoms with Crippen molar-refractivity contribution in [3.05, 3.63) is 64.2 Å². The summed E-state index contributed by atoms with van der Waals surface area (Å²) in [6, 6.07) is 11.4. The number of ether oxygens (including phenoxy) is 2. The minimum absolute atomic E-state index is 0.110. The molecule has 0 saturated heterocycles. The molecule has 2 aromatic carbocycles. The number of nitrogens with one attached hydrogen (secondary N) is 1. The Labute approximate surface area is 172 Å². The van der Waals surface area contributed by atoms with Gasteiger partial charge in [-0.1, -0.05) is 12.1 Å². The summed E-state index contributed by atoms with van der Waals surface area (Å²) in [6.07, 6.45) is 3.67. The number of nitro groups is 1. The maximum atomic E-state index is 12.3. The smallest absolute Gasteiger partial charge is 0.331 e. The molecule has 0 aliphatic carbocycles. The molecule has 0 aliphatic rings. The molecule has 0 aliphatic heterocycles. The predicted octanol–water partition coefficient (Wildman–Crippen LogP) is 3.91. The van der Waals surface area contributed by atoms with Crippen LogP contribution in [0.1, 0.15) is 12.5 Å². The third-order valence-corrected chi connectivity index (χ3v) is 4.59. The highest BCUT2D eigenvalue weighted by atomic mass is 32.2. The predicted molar refractivity (Wildman–Crippen MR) is 111 cm³/mol. The van der Waals surface area contributed by atoms with Gasteiger partial charge in [-0.2, -0.15) is 0 Å². The summed E-state index contributed by atoms with van der Waals surface area (Å²) in [5, 5.41) is 13.4. The van der Waals surface area contributed by atoms with Gasteiger partial charge >= 0.3 is 5.97 Å². The maximum Gasteiger partial charge on any atom is 0.331 e. The number of hydrogen-bond donors (Lipinski definition) is 1. The van der Waals surface area contributed by atoms with Gasteiger partial charge in [0.2, 0.25) is 0 Å². The largest absolute Gasteiger partial charge is 0.495 e. The number of nitrogens with zero attached hydrogens (tertiary/aromatic N) is 1. The van der Waals surface area contributed by atoms with Gasteiger partial charge in [0.05, 0.1) is 17.7 Å². The molecule has 2 rings (SSSR count). The second-order valence-electron chi connectivity index (χ2n) is 5.82. The average molecular weight is 416 g/mol. The van der Waals surface area contributed by atoms with Crippen LogP contribution in [0.15, 0.2) is 53.4 Å². The van der Waals surface area contributed by atoms with Gasteiger partial charge in [0.1, 0.15) is 5.75 Å². The topological polar surface area (TPSA) is 108 Å². The van der Waals surface area contributed by atoms with Crippen molar-refractivity contribution in [2.24, 2.45) is 0 Å². The highest BCUT2D eigenvalue weighted by Gasteiger charge is 2.20. The van der Waals surface area contributed by atoms with E-state index in [4.69, 9.17) is 9.47 Å². The monoisotopic (exact) mass is 416 g/mol. The van der Waals surface area contributed by atoms with E-state index in [-0.39, 0.29) is 17.1 Å². The lowest BCUT2D eigenvalue weighted by Gasteiger charge is -2.14. The molecule has 2 aromatic rings. The van der Waals surface area contributed by atoms with Crippen molar-refractivity contribution in [1.29, 1.82) is 0 Å². The SMILES string of the molecule is COc1ccc([N+](=O)[O-])cc1NC(=O)[C@H](C)OC(=O)/C=C/c1ccc(SC)cc1. The molecule has 0 saturated carbocycles. The van der Waals surface area contributed by atoms with Gasteiger partial charge in [0.15, 0.2) is 6.10 Å². The van der Waals surface area contributed by atoms with Crippen LogP contribution >= 0.6 is 11.8 Å². The van der Waals surface area contributed by atoms with Gasteiger partial charge < -0.3 is 14.8 Å². The molecular formula is C20H20N2O6S. The van der Waals surface area contributed by atoms with Crippen molar-refractivity contribution < 1.29 is 24.0 Å². The Kier molecular flexibility index (Phi) is 7.79. The van der Waals surface area contributed by atoms with Gasteiger partial charge in [0.25, 0.3) is 11.6 Å². The Bertz CT molecular complexity index is 927. The van der Waals surface area contributed by atoms with Crippen LogP contribution < -0.4 is 10.1 Å². The number of carbonyl (C=O) groups excluding carboxylic acids is 2. The van der Waals surface area contributed by atoms with E-state index in [1.165, 1.54) is 38.3 Å². The molecule has 0 aromatic heterocycles. The number of esters is 1. The summed E-state index contributed by atoms with van der Waals surface area (Å²) in [5.41, 5.74) is 0.721. The Balaban J connectivity index is 1.99. The number of rotatable bonds is 8. The molecule has 0 bridgehead atoms. The fraction of sp³-hybridized carbons (Fsp3) is 0.200. The zero-order valence-corrected chi connectivity index (χ0v) is 16.9. The third kappa shape index (κ3) is 6.35. The Morgan fingerprint density at radius 2 is 1.90 bits per heavy atom. The molecule has 1 amide bonds. The molecular weight excluding hydrogens is 396 g/mol. The first kappa shape index (κ1) is 22.0. The second kappa shape index (κ2) is 10.3. The Morgan fingerprint density at radius 3 is 2.48 bits per heavy atom. The van der Waals surface area contributed by atoms with Crippen molar-refractivity contribution in [3.63, 3.8) is 0 Å². The highest BCUT2D eigenvalue weighted by molar-refractivity contribution is 7.98. The van der Waals surface area contributed by atoms with Crippen LogP contribution in [-0.4, -0.2) is 36.3 Å². The zero-order valence-electron chi connectivity index (χ0n) is 16.1. The summed E-state index contributed by atoms with van der Waals surface area (Å²) in [7, 11) is 1.37. The van der Waals surface area contributed by atoms with E-state index in [1.54, 1.807) is 17.8 Å². The van der Waals surface area contributed by atoms with Crippen molar-refractivity contribution in [2.45, 2.75) is 17.9 Å². The lowest BCUT2D eigenvalue weighted by Crippen LogP contribution is -2.29. The van der Waals surface area contributed by atoms with Crippen LogP contribution in [-0.2, 0) is 14.3 Å².